The van der Waals surface area contributed by atoms with Crippen molar-refractivity contribution in [2.75, 3.05) is 0 Å². The van der Waals surface area contributed by atoms with Gasteiger partial charge in [0.2, 0.25) is 5.91 Å². The molecule has 0 atom stereocenters. The van der Waals surface area contributed by atoms with Crippen LogP contribution < -0.4 is 16.6 Å². The van der Waals surface area contributed by atoms with E-state index >= 15 is 0 Å². The molecular weight excluding hydrogens is 270 g/mol. The number of carbonyl (C=O) groups is 1. The summed E-state index contributed by atoms with van der Waals surface area (Å²) >= 11 is 4.69. The highest BCUT2D eigenvalue weighted by Crippen LogP contribution is 2.24. The number of hydrazine groups is 1. The van der Waals surface area contributed by atoms with E-state index in [2.05, 4.69) is 23.1 Å². The average Bonchev–Trinajstić information content (AvgIpc) is 2.48. The van der Waals surface area contributed by atoms with E-state index in [0.717, 1.165) is 11.1 Å². The van der Waals surface area contributed by atoms with Crippen molar-refractivity contribution in [1.29, 1.82) is 0 Å². The highest BCUT2D eigenvalue weighted by molar-refractivity contribution is 7.80. The van der Waals surface area contributed by atoms with Crippen molar-refractivity contribution in [1.82, 2.24) is 10.9 Å². The van der Waals surface area contributed by atoms with Crippen LogP contribution in [-0.2, 0) is 4.79 Å². The van der Waals surface area contributed by atoms with Crippen molar-refractivity contribution in [3.63, 3.8) is 0 Å². The van der Waals surface area contributed by atoms with Gasteiger partial charge in [0.25, 0.3) is 0 Å². The summed E-state index contributed by atoms with van der Waals surface area (Å²) in [5, 5.41) is 0.0261. The Balaban J connectivity index is 2.30. The molecule has 20 heavy (non-hydrogen) atoms. The van der Waals surface area contributed by atoms with E-state index in [1.807, 2.05) is 60.7 Å². The van der Waals surface area contributed by atoms with Crippen LogP contribution in [0.15, 0.2) is 60.7 Å². The molecule has 5 heteroatoms. The van der Waals surface area contributed by atoms with Gasteiger partial charge in [-0.3, -0.25) is 15.6 Å². The largest absolute Gasteiger partial charge is 0.375 e. The van der Waals surface area contributed by atoms with Crippen LogP contribution in [0.1, 0.15) is 17.0 Å². The molecule has 4 N–H and O–H groups in total. The number of rotatable bonds is 3. The molecule has 4 nitrogen and oxygen atoms in total. The Kier molecular flexibility index (Phi) is 4.68. The van der Waals surface area contributed by atoms with E-state index in [0.29, 0.717) is 0 Å². The zero-order valence-corrected chi connectivity index (χ0v) is 11.6. The predicted molar refractivity (Wildman–Crippen MR) is 82.8 cm³/mol. The van der Waals surface area contributed by atoms with E-state index in [-0.39, 0.29) is 11.0 Å². The minimum Gasteiger partial charge on any atom is -0.375 e. The van der Waals surface area contributed by atoms with Gasteiger partial charge in [-0.25, -0.2) is 0 Å². The second-order valence-corrected chi connectivity index (χ2v) is 4.67. The molecule has 2 aromatic carbocycles. The van der Waals surface area contributed by atoms with Gasteiger partial charge < -0.3 is 5.73 Å². The fourth-order valence-electron chi connectivity index (χ4n) is 1.98. The highest BCUT2D eigenvalue weighted by Gasteiger charge is 2.22. The summed E-state index contributed by atoms with van der Waals surface area (Å²) < 4.78 is 0. The lowest BCUT2D eigenvalue weighted by atomic mass is 9.91. The third kappa shape index (κ3) is 3.55. The topological polar surface area (TPSA) is 67.2 Å². The Labute approximate surface area is 123 Å². The maximum Gasteiger partial charge on any atom is 0.250 e. The molecular formula is C15H15N3OS. The molecule has 102 valence electrons. The summed E-state index contributed by atoms with van der Waals surface area (Å²) in [6, 6.07) is 19.1. The van der Waals surface area contributed by atoms with E-state index in [1.165, 1.54) is 0 Å². The van der Waals surface area contributed by atoms with Gasteiger partial charge in [0, 0.05) is 0 Å². The molecule has 0 radical (unpaired) electrons. The number of nitrogens with one attached hydrogen (secondary N) is 2. The van der Waals surface area contributed by atoms with Crippen LogP contribution in [0.4, 0.5) is 0 Å². The first-order valence-electron chi connectivity index (χ1n) is 6.13. The van der Waals surface area contributed by atoms with Crippen molar-refractivity contribution in [3.05, 3.63) is 71.8 Å². The van der Waals surface area contributed by atoms with Crippen LogP contribution in [-0.4, -0.2) is 11.0 Å². The van der Waals surface area contributed by atoms with E-state index in [9.17, 15) is 4.79 Å². The SMILES string of the molecule is NC(=S)NNC(=O)C(c1ccccc1)c1ccccc1. The van der Waals surface area contributed by atoms with Gasteiger partial charge >= 0.3 is 0 Å². The van der Waals surface area contributed by atoms with Crippen molar-refractivity contribution >= 4 is 23.2 Å². The molecule has 0 heterocycles. The summed E-state index contributed by atoms with van der Waals surface area (Å²) in [6.07, 6.45) is 0. The maximum absolute atomic E-state index is 12.4. The van der Waals surface area contributed by atoms with Gasteiger partial charge in [0.15, 0.2) is 5.11 Å². The Morgan fingerprint density at radius 3 is 1.75 bits per heavy atom. The minimum atomic E-state index is -0.417. The summed E-state index contributed by atoms with van der Waals surface area (Å²) in [5.41, 5.74) is 12.1. The Bertz CT molecular complexity index is 547. The number of benzene rings is 2. The van der Waals surface area contributed by atoms with Crippen LogP contribution in [0.3, 0.4) is 0 Å². The molecule has 0 saturated heterocycles. The summed E-state index contributed by atoms with van der Waals surface area (Å²) in [6.45, 7) is 0. The Morgan fingerprint density at radius 1 is 0.900 bits per heavy atom. The molecule has 0 aromatic heterocycles. The normalized spacial score (nSPS) is 10.1. The van der Waals surface area contributed by atoms with Gasteiger partial charge in [-0.15, -0.1) is 0 Å². The third-order valence-electron chi connectivity index (χ3n) is 2.84. The van der Waals surface area contributed by atoms with Crippen LogP contribution >= 0.6 is 12.2 Å². The van der Waals surface area contributed by atoms with Crippen LogP contribution in [0.2, 0.25) is 0 Å². The van der Waals surface area contributed by atoms with Crippen molar-refractivity contribution in [2.45, 2.75) is 5.92 Å². The van der Waals surface area contributed by atoms with Gasteiger partial charge in [0.05, 0.1) is 5.92 Å². The second kappa shape index (κ2) is 6.68. The highest BCUT2D eigenvalue weighted by atomic mass is 32.1. The molecule has 0 aliphatic heterocycles. The smallest absolute Gasteiger partial charge is 0.250 e. The van der Waals surface area contributed by atoms with Crippen LogP contribution in [0, 0.1) is 0 Å². The molecule has 2 rings (SSSR count). The lowest BCUT2D eigenvalue weighted by Gasteiger charge is -2.18. The van der Waals surface area contributed by atoms with E-state index in [1.54, 1.807) is 0 Å². The van der Waals surface area contributed by atoms with E-state index in [4.69, 9.17) is 5.73 Å². The fourth-order valence-corrected chi connectivity index (χ4v) is 2.03. The molecule has 2 aromatic rings. The number of thiocarbonyl (C=S) groups is 1. The van der Waals surface area contributed by atoms with Crippen molar-refractivity contribution in [3.8, 4) is 0 Å². The molecule has 0 saturated carbocycles. The van der Waals surface area contributed by atoms with E-state index < -0.39 is 5.92 Å². The molecule has 0 aliphatic carbocycles. The third-order valence-corrected chi connectivity index (χ3v) is 2.94. The van der Waals surface area contributed by atoms with Gasteiger partial charge in [-0.1, -0.05) is 60.7 Å². The average molecular weight is 285 g/mol. The first-order valence-corrected chi connectivity index (χ1v) is 6.54. The quantitative estimate of drug-likeness (QED) is 0.593. The second-order valence-electron chi connectivity index (χ2n) is 4.23. The fraction of sp³-hybridized carbons (Fsp3) is 0.0667. The first-order chi connectivity index (χ1) is 9.68. The molecule has 0 fully saturated rings. The lowest BCUT2D eigenvalue weighted by Crippen LogP contribution is -2.46. The number of amides is 1. The molecule has 0 bridgehead atoms. The molecule has 0 unspecified atom stereocenters. The van der Waals surface area contributed by atoms with Crippen molar-refractivity contribution in [2.24, 2.45) is 5.73 Å². The summed E-state index contributed by atoms with van der Waals surface area (Å²) in [7, 11) is 0. The first kappa shape index (κ1) is 14.0. The Hall–Kier alpha value is -2.40. The standard InChI is InChI=1S/C15H15N3OS/c16-15(20)18-17-14(19)13(11-7-3-1-4-8-11)12-9-5-2-6-10-12/h1-10,13H,(H,17,19)(H3,16,18,20). The molecule has 0 aliphatic rings. The maximum atomic E-state index is 12.4. The molecule has 0 spiro atoms. The van der Waals surface area contributed by atoms with Gasteiger partial charge in [0.1, 0.15) is 0 Å². The zero-order chi connectivity index (χ0) is 14.4. The number of hydrogen-bond donors (Lipinski definition) is 3. The van der Waals surface area contributed by atoms with Gasteiger partial charge in [-0.2, -0.15) is 0 Å². The van der Waals surface area contributed by atoms with Gasteiger partial charge in [-0.05, 0) is 23.3 Å². The monoisotopic (exact) mass is 285 g/mol. The molecule has 1 amide bonds. The zero-order valence-electron chi connectivity index (χ0n) is 10.7. The van der Waals surface area contributed by atoms with Crippen LogP contribution in [0.5, 0.6) is 0 Å². The number of hydrogen-bond acceptors (Lipinski definition) is 2. The summed E-state index contributed by atoms with van der Waals surface area (Å²) in [4.78, 5) is 12.4. The van der Waals surface area contributed by atoms with Crippen molar-refractivity contribution < 1.29 is 4.79 Å². The number of nitrogens with two attached hydrogens (primary N) is 1. The number of carbonyl (C=O) groups excluding carboxylic acids is 1. The lowest BCUT2D eigenvalue weighted by molar-refractivity contribution is -0.122. The summed E-state index contributed by atoms with van der Waals surface area (Å²) in [5.74, 6) is -0.630. The van der Waals surface area contributed by atoms with Crippen LogP contribution in [0.25, 0.3) is 0 Å². The predicted octanol–water partition coefficient (Wildman–Crippen LogP) is 1.68. The Morgan fingerprint density at radius 2 is 1.35 bits per heavy atom. The minimum absolute atomic E-state index is 0.0261.